The Hall–Kier alpha value is -0.550. The van der Waals surface area contributed by atoms with Crippen molar-refractivity contribution in [1.82, 2.24) is 5.32 Å². The number of benzene rings is 1. The number of nitrogens with one attached hydrogen (secondary N) is 1. The fraction of sp³-hybridized carbons (Fsp3) is 0.286. The molecule has 0 fully saturated rings. The summed E-state index contributed by atoms with van der Waals surface area (Å²) in [6.07, 6.45) is 0.959. The van der Waals surface area contributed by atoms with Gasteiger partial charge in [0, 0.05) is 44.8 Å². The average Bonchev–Trinajstić information content (AvgIpc) is 2.98. The van der Waals surface area contributed by atoms with Crippen molar-refractivity contribution in [3.05, 3.63) is 49.1 Å². The van der Waals surface area contributed by atoms with Crippen LogP contribution in [0, 0.1) is 0 Å². The van der Waals surface area contributed by atoms with Gasteiger partial charge in [0.1, 0.15) is 5.75 Å². The molecule has 0 aliphatic carbocycles. The van der Waals surface area contributed by atoms with Crippen LogP contribution in [0.25, 0.3) is 0 Å². The molecular weight excluding hydrogens is 346 g/mol. The summed E-state index contributed by atoms with van der Waals surface area (Å²) in [6.45, 7) is 2.40. The van der Waals surface area contributed by atoms with Gasteiger partial charge < -0.3 is 10.1 Å². The zero-order valence-electron chi connectivity index (χ0n) is 10.2. The number of fused-ring (bicyclic) bond motifs is 1. The molecule has 1 aliphatic heterocycles. The summed E-state index contributed by atoms with van der Waals surface area (Å²) in [7, 11) is 0. The highest BCUT2D eigenvalue weighted by Gasteiger charge is 2.17. The molecule has 0 radical (unpaired) electrons. The maximum atomic E-state index is 6.14. The molecular formula is C14H13BrClNOS. The number of halogens is 2. The zero-order valence-corrected chi connectivity index (χ0v) is 13.4. The molecule has 1 aromatic carbocycles. The lowest BCUT2D eigenvalue weighted by Crippen LogP contribution is -2.12. The molecule has 0 atom stereocenters. The van der Waals surface area contributed by atoms with Crippen LogP contribution >= 0.6 is 38.9 Å². The van der Waals surface area contributed by atoms with Crippen LogP contribution in [0.2, 0.25) is 5.02 Å². The van der Waals surface area contributed by atoms with Gasteiger partial charge in [-0.05, 0) is 39.7 Å². The minimum atomic E-state index is 0.764. The molecule has 2 nitrogen and oxygen atoms in total. The van der Waals surface area contributed by atoms with Crippen molar-refractivity contribution in [3.63, 3.8) is 0 Å². The van der Waals surface area contributed by atoms with Gasteiger partial charge in [-0.1, -0.05) is 11.6 Å². The summed E-state index contributed by atoms with van der Waals surface area (Å²) in [5.74, 6) is 1.02. The first-order chi connectivity index (χ1) is 9.22. The van der Waals surface area contributed by atoms with Gasteiger partial charge >= 0.3 is 0 Å². The summed E-state index contributed by atoms with van der Waals surface area (Å²) in [4.78, 5) is 1.31. The Morgan fingerprint density at radius 1 is 1.32 bits per heavy atom. The first-order valence-electron chi connectivity index (χ1n) is 6.10. The van der Waals surface area contributed by atoms with Gasteiger partial charge in [-0.3, -0.25) is 0 Å². The highest BCUT2D eigenvalue weighted by atomic mass is 79.9. The standard InChI is InChI=1S/C14H13BrClNOS/c15-11-5-13(19-8-11)7-17-6-10-4-12(16)3-9-1-2-18-14(9)10/h3-5,8,17H,1-2,6-7H2. The van der Waals surface area contributed by atoms with Gasteiger partial charge in [0.15, 0.2) is 0 Å². The topological polar surface area (TPSA) is 21.3 Å². The Labute approximate surface area is 129 Å². The predicted molar refractivity (Wildman–Crippen MR) is 83.2 cm³/mol. The van der Waals surface area contributed by atoms with E-state index in [1.807, 2.05) is 12.1 Å². The molecule has 0 saturated carbocycles. The fourth-order valence-corrected chi connectivity index (χ4v) is 3.93. The monoisotopic (exact) mass is 357 g/mol. The van der Waals surface area contributed by atoms with Crippen molar-refractivity contribution >= 4 is 38.9 Å². The lowest BCUT2D eigenvalue weighted by atomic mass is 10.1. The number of thiophene rings is 1. The first-order valence-corrected chi connectivity index (χ1v) is 8.15. The Morgan fingerprint density at radius 3 is 3.00 bits per heavy atom. The first kappa shape index (κ1) is 13.4. The van der Waals surface area contributed by atoms with Crippen LogP contribution in [-0.2, 0) is 19.5 Å². The minimum Gasteiger partial charge on any atom is -0.493 e. The maximum absolute atomic E-state index is 6.14. The lowest BCUT2D eigenvalue weighted by molar-refractivity contribution is 0.352. The third-order valence-electron chi connectivity index (χ3n) is 3.06. The average molecular weight is 359 g/mol. The molecule has 19 heavy (non-hydrogen) atoms. The lowest BCUT2D eigenvalue weighted by Gasteiger charge is -2.09. The van der Waals surface area contributed by atoms with Gasteiger partial charge in [-0.25, -0.2) is 0 Å². The second-order valence-electron chi connectivity index (χ2n) is 4.49. The molecule has 1 N–H and O–H groups in total. The minimum absolute atomic E-state index is 0.764. The predicted octanol–water partition coefficient (Wildman–Crippen LogP) is 4.39. The molecule has 1 aromatic heterocycles. The van der Waals surface area contributed by atoms with Crippen LogP contribution in [0.5, 0.6) is 5.75 Å². The van der Waals surface area contributed by atoms with Crippen molar-refractivity contribution < 1.29 is 4.74 Å². The van der Waals surface area contributed by atoms with E-state index in [0.717, 1.165) is 46.9 Å². The molecule has 0 unspecified atom stereocenters. The normalized spacial score (nSPS) is 13.4. The van der Waals surface area contributed by atoms with Gasteiger partial charge in [-0.2, -0.15) is 0 Å². The molecule has 0 bridgehead atoms. The van der Waals surface area contributed by atoms with E-state index in [1.165, 1.54) is 10.4 Å². The Bertz CT molecular complexity index is 599. The zero-order chi connectivity index (χ0) is 13.2. The van der Waals surface area contributed by atoms with E-state index in [-0.39, 0.29) is 0 Å². The molecule has 0 spiro atoms. The quantitative estimate of drug-likeness (QED) is 0.875. The van der Waals surface area contributed by atoms with Crippen molar-refractivity contribution in [2.75, 3.05) is 6.61 Å². The molecule has 3 rings (SSSR count). The van der Waals surface area contributed by atoms with Crippen LogP contribution in [0.1, 0.15) is 16.0 Å². The highest BCUT2D eigenvalue weighted by molar-refractivity contribution is 9.10. The molecule has 100 valence electrons. The number of hydrogen-bond donors (Lipinski definition) is 1. The molecule has 0 amide bonds. The van der Waals surface area contributed by atoms with E-state index < -0.39 is 0 Å². The van der Waals surface area contributed by atoms with Crippen LogP contribution in [0.4, 0.5) is 0 Å². The summed E-state index contributed by atoms with van der Waals surface area (Å²) < 4.78 is 6.83. The van der Waals surface area contributed by atoms with Crippen LogP contribution < -0.4 is 10.1 Å². The Kier molecular flexibility index (Phi) is 4.12. The van der Waals surface area contributed by atoms with E-state index in [0.29, 0.717) is 0 Å². The van der Waals surface area contributed by atoms with Gasteiger partial charge in [0.2, 0.25) is 0 Å². The largest absolute Gasteiger partial charge is 0.493 e. The van der Waals surface area contributed by atoms with E-state index in [2.05, 4.69) is 32.7 Å². The fourth-order valence-electron chi connectivity index (χ4n) is 2.24. The molecule has 1 aliphatic rings. The Balaban J connectivity index is 1.67. The third kappa shape index (κ3) is 3.14. The second kappa shape index (κ2) is 5.83. The second-order valence-corrected chi connectivity index (χ2v) is 6.83. The van der Waals surface area contributed by atoms with Gasteiger partial charge in [0.05, 0.1) is 6.61 Å². The SMILES string of the molecule is Clc1cc2c(c(CNCc3cc(Br)cs3)c1)OCC2. The third-order valence-corrected chi connectivity index (χ3v) is 4.98. The van der Waals surface area contributed by atoms with E-state index in [4.69, 9.17) is 16.3 Å². The number of hydrogen-bond acceptors (Lipinski definition) is 3. The smallest absolute Gasteiger partial charge is 0.127 e. The van der Waals surface area contributed by atoms with E-state index >= 15 is 0 Å². The van der Waals surface area contributed by atoms with Gasteiger partial charge in [0.25, 0.3) is 0 Å². The van der Waals surface area contributed by atoms with Crippen molar-refractivity contribution in [2.24, 2.45) is 0 Å². The molecule has 5 heteroatoms. The van der Waals surface area contributed by atoms with Crippen molar-refractivity contribution in [3.8, 4) is 5.75 Å². The van der Waals surface area contributed by atoms with Crippen molar-refractivity contribution in [2.45, 2.75) is 19.5 Å². The van der Waals surface area contributed by atoms with E-state index in [1.54, 1.807) is 11.3 Å². The van der Waals surface area contributed by atoms with Crippen LogP contribution in [-0.4, -0.2) is 6.61 Å². The molecule has 2 aromatic rings. The van der Waals surface area contributed by atoms with Crippen LogP contribution in [0.15, 0.2) is 28.1 Å². The Morgan fingerprint density at radius 2 is 2.21 bits per heavy atom. The number of rotatable bonds is 4. The number of ether oxygens (including phenoxy) is 1. The highest BCUT2D eigenvalue weighted by Crippen LogP contribution is 2.32. The van der Waals surface area contributed by atoms with Crippen molar-refractivity contribution in [1.29, 1.82) is 0 Å². The van der Waals surface area contributed by atoms with Gasteiger partial charge in [-0.15, -0.1) is 11.3 Å². The molecule has 0 saturated heterocycles. The summed E-state index contributed by atoms with van der Waals surface area (Å²) >= 11 is 11.4. The summed E-state index contributed by atoms with van der Waals surface area (Å²) in [5, 5.41) is 6.33. The van der Waals surface area contributed by atoms with E-state index in [9.17, 15) is 0 Å². The summed E-state index contributed by atoms with van der Waals surface area (Å²) in [5.41, 5.74) is 2.37. The molecule has 2 heterocycles. The summed E-state index contributed by atoms with van der Waals surface area (Å²) in [6, 6.07) is 6.13. The van der Waals surface area contributed by atoms with Crippen LogP contribution in [0.3, 0.4) is 0 Å². The maximum Gasteiger partial charge on any atom is 0.127 e.